The first-order valence-electron chi connectivity index (χ1n) is 8.88. The third kappa shape index (κ3) is 3.81. The molecule has 1 heterocycles. The van der Waals surface area contributed by atoms with Crippen LogP contribution in [0.3, 0.4) is 0 Å². The van der Waals surface area contributed by atoms with Crippen LogP contribution < -0.4 is 5.32 Å². The van der Waals surface area contributed by atoms with Crippen molar-refractivity contribution < 1.29 is 13.2 Å². The highest BCUT2D eigenvalue weighted by Gasteiger charge is 2.28. The topological polar surface area (TPSA) is 66.5 Å². The predicted molar refractivity (Wildman–Crippen MR) is 93.3 cm³/mol. The van der Waals surface area contributed by atoms with Gasteiger partial charge in [0.2, 0.25) is 10.0 Å². The lowest BCUT2D eigenvalue weighted by atomic mass is 10.0. The summed E-state index contributed by atoms with van der Waals surface area (Å²) in [6.45, 7) is 3.24. The van der Waals surface area contributed by atoms with E-state index in [1.807, 2.05) is 0 Å². The smallest absolute Gasteiger partial charge is 0.251 e. The van der Waals surface area contributed by atoms with Crippen LogP contribution in [0, 0.1) is 5.92 Å². The molecule has 1 saturated heterocycles. The van der Waals surface area contributed by atoms with Crippen molar-refractivity contribution in [1.29, 1.82) is 0 Å². The SMILES string of the molecule is CC1CCCN(S(=O)(=O)c2ccc(C(=O)NC3CCCC3)cc2)C1. The molecule has 1 aromatic rings. The number of amides is 1. The maximum absolute atomic E-state index is 12.7. The number of rotatable bonds is 4. The number of sulfonamides is 1. The lowest BCUT2D eigenvalue weighted by molar-refractivity contribution is 0.0938. The molecule has 0 aromatic heterocycles. The Morgan fingerprint density at radius 3 is 2.38 bits per heavy atom. The first-order chi connectivity index (χ1) is 11.5. The second-order valence-electron chi connectivity index (χ2n) is 7.09. The maximum Gasteiger partial charge on any atom is 0.251 e. The molecule has 1 amide bonds. The van der Waals surface area contributed by atoms with Crippen LogP contribution in [0.25, 0.3) is 0 Å². The van der Waals surface area contributed by atoms with Crippen molar-refractivity contribution >= 4 is 15.9 Å². The minimum absolute atomic E-state index is 0.113. The zero-order valence-electron chi connectivity index (χ0n) is 14.2. The van der Waals surface area contributed by atoms with Gasteiger partial charge in [-0.2, -0.15) is 4.31 Å². The van der Waals surface area contributed by atoms with Gasteiger partial charge in [0.25, 0.3) is 5.91 Å². The largest absolute Gasteiger partial charge is 0.349 e. The minimum Gasteiger partial charge on any atom is -0.349 e. The van der Waals surface area contributed by atoms with E-state index >= 15 is 0 Å². The van der Waals surface area contributed by atoms with E-state index in [4.69, 9.17) is 0 Å². The van der Waals surface area contributed by atoms with Crippen molar-refractivity contribution in [1.82, 2.24) is 9.62 Å². The fourth-order valence-electron chi connectivity index (χ4n) is 3.63. The van der Waals surface area contributed by atoms with Gasteiger partial charge in [-0.3, -0.25) is 4.79 Å². The van der Waals surface area contributed by atoms with E-state index in [0.717, 1.165) is 38.5 Å². The number of nitrogens with zero attached hydrogens (tertiary/aromatic N) is 1. The second kappa shape index (κ2) is 7.23. The Kier molecular flexibility index (Phi) is 5.25. The van der Waals surface area contributed by atoms with Crippen LogP contribution in [0.2, 0.25) is 0 Å². The molecule has 1 unspecified atom stereocenters. The first kappa shape index (κ1) is 17.4. The molecule has 1 atom stereocenters. The van der Waals surface area contributed by atoms with Crippen LogP contribution in [-0.4, -0.2) is 37.8 Å². The van der Waals surface area contributed by atoms with Gasteiger partial charge in [-0.25, -0.2) is 8.42 Å². The quantitative estimate of drug-likeness (QED) is 0.908. The molecule has 1 aliphatic heterocycles. The van der Waals surface area contributed by atoms with Gasteiger partial charge in [0.15, 0.2) is 0 Å². The fourth-order valence-corrected chi connectivity index (χ4v) is 5.23. The van der Waals surface area contributed by atoms with E-state index in [0.29, 0.717) is 24.6 Å². The summed E-state index contributed by atoms with van der Waals surface area (Å²) in [4.78, 5) is 12.5. The zero-order chi connectivity index (χ0) is 17.2. The molecular weight excluding hydrogens is 324 g/mol. The Balaban J connectivity index is 1.70. The number of benzene rings is 1. The van der Waals surface area contributed by atoms with Gasteiger partial charge in [-0.1, -0.05) is 19.8 Å². The molecule has 1 aromatic carbocycles. The Morgan fingerprint density at radius 2 is 1.75 bits per heavy atom. The van der Waals surface area contributed by atoms with Crippen LogP contribution >= 0.6 is 0 Å². The molecular formula is C18H26N2O3S. The molecule has 0 bridgehead atoms. The molecule has 5 nitrogen and oxygen atoms in total. The van der Waals surface area contributed by atoms with Crippen LogP contribution in [-0.2, 0) is 10.0 Å². The Morgan fingerprint density at radius 1 is 1.08 bits per heavy atom. The molecule has 1 saturated carbocycles. The summed E-state index contributed by atoms with van der Waals surface area (Å²) in [5, 5.41) is 3.02. The Hall–Kier alpha value is -1.40. The molecule has 132 valence electrons. The second-order valence-corrected chi connectivity index (χ2v) is 9.03. The van der Waals surface area contributed by atoms with E-state index < -0.39 is 10.0 Å². The number of carbonyl (C=O) groups is 1. The summed E-state index contributed by atoms with van der Waals surface area (Å²) in [7, 11) is -3.46. The van der Waals surface area contributed by atoms with E-state index in [-0.39, 0.29) is 16.8 Å². The van der Waals surface area contributed by atoms with Gasteiger partial charge < -0.3 is 5.32 Å². The summed E-state index contributed by atoms with van der Waals surface area (Å²) in [5.74, 6) is 0.280. The molecule has 2 aliphatic rings. The van der Waals surface area contributed by atoms with E-state index in [1.54, 1.807) is 28.6 Å². The molecule has 1 aliphatic carbocycles. The average Bonchev–Trinajstić information content (AvgIpc) is 3.08. The van der Waals surface area contributed by atoms with Crippen LogP contribution in [0.5, 0.6) is 0 Å². The summed E-state index contributed by atoms with van der Waals surface area (Å²) in [6, 6.07) is 6.60. The molecule has 6 heteroatoms. The number of hydrogen-bond donors (Lipinski definition) is 1. The number of hydrogen-bond acceptors (Lipinski definition) is 3. The molecule has 24 heavy (non-hydrogen) atoms. The summed E-state index contributed by atoms with van der Waals surface area (Å²) < 4.78 is 27.0. The summed E-state index contributed by atoms with van der Waals surface area (Å²) in [5.41, 5.74) is 0.521. The van der Waals surface area contributed by atoms with Crippen molar-refractivity contribution in [2.24, 2.45) is 5.92 Å². The van der Waals surface area contributed by atoms with Crippen molar-refractivity contribution in [3.63, 3.8) is 0 Å². The van der Waals surface area contributed by atoms with E-state index in [2.05, 4.69) is 12.2 Å². The predicted octanol–water partition coefficient (Wildman–Crippen LogP) is 2.78. The summed E-state index contributed by atoms with van der Waals surface area (Å²) in [6.07, 6.45) is 6.37. The van der Waals surface area contributed by atoms with Crippen molar-refractivity contribution in [2.75, 3.05) is 13.1 Å². The minimum atomic E-state index is -3.46. The van der Waals surface area contributed by atoms with Crippen molar-refractivity contribution in [2.45, 2.75) is 56.4 Å². The monoisotopic (exact) mass is 350 g/mol. The highest BCUT2D eigenvalue weighted by Crippen LogP contribution is 2.24. The summed E-state index contributed by atoms with van der Waals surface area (Å²) >= 11 is 0. The third-order valence-corrected chi connectivity index (χ3v) is 6.94. The Labute approximate surface area is 144 Å². The molecule has 3 rings (SSSR count). The number of nitrogens with one attached hydrogen (secondary N) is 1. The van der Waals surface area contributed by atoms with Crippen molar-refractivity contribution in [3.05, 3.63) is 29.8 Å². The van der Waals surface area contributed by atoms with Crippen molar-refractivity contribution in [3.8, 4) is 0 Å². The van der Waals surface area contributed by atoms with Gasteiger partial charge in [0.1, 0.15) is 0 Å². The van der Waals surface area contributed by atoms with Crippen LogP contribution in [0.4, 0.5) is 0 Å². The molecule has 2 fully saturated rings. The van der Waals surface area contributed by atoms with E-state index in [9.17, 15) is 13.2 Å². The lowest BCUT2D eigenvalue weighted by Crippen LogP contribution is -2.39. The average molecular weight is 350 g/mol. The van der Waals surface area contributed by atoms with Gasteiger partial charge >= 0.3 is 0 Å². The van der Waals surface area contributed by atoms with E-state index in [1.165, 1.54) is 0 Å². The number of carbonyl (C=O) groups excluding carboxylic acids is 1. The fraction of sp³-hybridized carbons (Fsp3) is 0.611. The Bertz CT molecular complexity index is 679. The molecule has 1 N–H and O–H groups in total. The first-order valence-corrected chi connectivity index (χ1v) is 10.3. The maximum atomic E-state index is 12.7. The molecule has 0 radical (unpaired) electrons. The van der Waals surface area contributed by atoms with Gasteiger partial charge in [0.05, 0.1) is 4.90 Å². The normalized spacial score (nSPS) is 23.3. The van der Waals surface area contributed by atoms with Crippen LogP contribution in [0.15, 0.2) is 29.2 Å². The standard InChI is InChI=1S/C18H26N2O3S/c1-14-5-4-12-20(13-14)24(22,23)17-10-8-15(9-11-17)18(21)19-16-6-2-3-7-16/h8-11,14,16H,2-7,12-13H2,1H3,(H,19,21). The van der Waals surface area contributed by atoms with Gasteiger partial charge in [-0.05, 0) is 55.9 Å². The lowest BCUT2D eigenvalue weighted by Gasteiger charge is -2.30. The third-order valence-electron chi connectivity index (χ3n) is 5.06. The van der Waals surface area contributed by atoms with Crippen LogP contribution in [0.1, 0.15) is 55.8 Å². The number of piperidine rings is 1. The van der Waals surface area contributed by atoms with Gasteiger partial charge in [-0.15, -0.1) is 0 Å². The zero-order valence-corrected chi connectivity index (χ0v) is 15.0. The molecule has 0 spiro atoms. The highest BCUT2D eigenvalue weighted by atomic mass is 32.2. The highest BCUT2D eigenvalue weighted by molar-refractivity contribution is 7.89. The van der Waals surface area contributed by atoms with Gasteiger partial charge in [0, 0.05) is 24.7 Å².